The highest BCUT2D eigenvalue weighted by atomic mass is 79.9. The predicted octanol–water partition coefficient (Wildman–Crippen LogP) is 2.39. The van der Waals surface area contributed by atoms with Crippen molar-refractivity contribution in [3.63, 3.8) is 0 Å². The van der Waals surface area contributed by atoms with Crippen LogP contribution < -0.4 is 15.1 Å². The highest BCUT2D eigenvalue weighted by molar-refractivity contribution is 9.09. The van der Waals surface area contributed by atoms with Crippen LogP contribution in [-0.4, -0.2) is 72.6 Å². The number of anilines is 1. The van der Waals surface area contributed by atoms with Gasteiger partial charge in [0.2, 0.25) is 11.8 Å². The van der Waals surface area contributed by atoms with Crippen LogP contribution in [0.4, 0.5) is 5.69 Å². The van der Waals surface area contributed by atoms with Gasteiger partial charge in [-0.05, 0) is 49.3 Å². The van der Waals surface area contributed by atoms with Gasteiger partial charge in [-0.25, -0.2) is 0 Å². The summed E-state index contributed by atoms with van der Waals surface area (Å²) in [5.41, 5.74) is 0.841. The summed E-state index contributed by atoms with van der Waals surface area (Å²) in [4.78, 5) is 53.4. The van der Waals surface area contributed by atoms with Gasteiger partial charge in [-0.15, -0.1) is 23.2 Å². The molecule has 14 heteroatoms. The quantitative estimate of drug-likeness (QED) is 0.138. The molecular weight excluding hydrogens is 666 g/mol. The van der Waals surface area contributed by atoms with E-state index in [-0.39, 0.29) is 53.1 Å². The summed E-state index contributed by atoms with van der Waals surface area (Å²) in [5, 5.41) is 30.7. The Kier molecular flexibility index (Phi) is 7.45. The Bertz CT molecular complexity index is 1610. The van der Waals surface area contributed by atoms with E-state index in [0.717, 1.165) is 9.80 Å². The number of halogens is 3. The Morgan fingerprint density at radius 3 is 2.44 bits per heavy atom. The van der Waals surface area contributed by atoms with Gasteiger partial charge in [0.05, 0.1) is 29.6 Å². The van der Waals surface area contributed by atoms with Crippen molar-refractivity contribution < 1.29 is 39.1 Å². The van der Waals surface area contributed by atoms with E-state index >= 15 is 0 Å². The van der Waals surface area contributed by atoms with Crippen LogP contribution in [0, 0.1) is 17.8 Å². The highest BCUT2D eigenvalue weighted by Gasteiger charge is 2.76. The number of para-hydroxylation sites is 1. The van der Waals surface area contributed by atoms with Crippen molar-refractivity contribution >= 4 is 81.0 Å². The molecule has 2 saturated heterocycles. The van der Waals surface area contributed by atoms with Crippen molar-refractivity contribution in [2.75, 3.05) is 17.0 Å². The molecule has 6 unspecified atom stereocenters. The fraction of sp³-hybridized carbons (Fsp3) is 0.379. The molecule has 6 rings (SSSR count). The van der Waals surface area contributed by atoms with Crippen molar-refractivity contribution in [1.82, 2.24) is 4.90 Å². The smallest absolute Gasteiger partial charge is 0.488 e. The minimum Gasteiger partial charge on any atom is -0.504 e. The molecule has 2 aliphatic carbocycles. The molecule has 6 atom stereocenters. The second kappa shape index (κ2) is 10.6. The van der Waals surface area contributed by atoms with Crippen molar-refractivity contribution in [2.24, 2.45) is 17.8 Å². The molecule has 3 fully saturated rings. The lowest BCUT2D eigenvalue weighted by Gasteiger charge is -2.50. The predicted molar refractivity (Wildman–Crippen MR) is 161 cm³/mol. The van der Waals surface area contributed by atoms with Gasteiger partial charge in [-0.2, -0.15) is 0 Å². The van der Waals surface area contributed by atoms with Crippen molar-refractivity contribution in [2.45, 2.75) is 35.4 Å². The monoisotopic (exact) mass is 690 g/mol. The number of likely N-dealkylation sites (tertiary alicyclic amines) is 1. The molecule has 2 aliphatic heterocycles. The number of imide groups is 2. The summed E-state index contributed by atoms with van der Waals surface area (Å²) >= 11 is 17.6. The van der Waals surface area contributed by atoms with Gasteiger partial charge in [0.15, 0.2) is 21.2 Å². The Balaban J connectivity index is 1.52. The first kappa shape index (κ1) is 30.1. The molecular formula is C29H26BBrCl2N2O8. The van der Waals surface area contributed by atoms with E-state index in [0.29, 0.717) is 5.57 Å². The first-order valence-electron chi connectivity index (χ1n) is 13.7. The average Bonchev–Trinajstić information content (AvgIpc) is 3.32. The van der Waals surface area contributed by atoms with E-state index in [1.165, 1.54) is 24.3 Å². The number of benzene rings is 2. The van der Waals surface area contributed by atoms with Gasteiger partial charge in [-0.1, -0.05) is 51.8 Å². The number of hydrogen-bond acceptors (Lipinski definition) is 8. The Morgan fingerprint density at radius 2 is 1.77 bits per heavy atom. The summed E-state index contributed by atoms with van der Waals surface area (Å²) in [6, 6.07) is 10.6. The number of hydrogen-bond donors (Lipinski definition) is 3. The molecule has 2 heterocycles. The van der Waals surface area contributed by atoms with Crippen LogP contribution in [0.15, 0.2) is 54.1 Å². The van der Waals surface area contributed by atoms with Gasteiger partial charge in [0.1, 0.15) is 0 Å². The maximum atomic E-state index is 14.1. The molecule has 2 aromatic rings. The number of ether oxygens (including phenoxy) is 1. The number of allylic oxidation sites excluding steroid dienone is 2. The Morgan fingerprint density at radius 1 is 1.05 bits per heavy atom. The zero-order valence-electron chi connectivity index (χ0n) is 22.7. The van der Waals surface area contributed by atoms with E-state index in [2.05, 4.69) is 15.9 Å². The number of phenolic OH excluding ortho intramolecular Hbond substituents is 1. The average molecular weight is 692 g/mol. The molecule has 0 aromatic heterocycles. The van der Waals surface area contributed by atoms with Crippen LogP contribution >= 0.6 is 39.1 Å². The summed E-state index contributed by atoms with van der Waals surface area (Å²) in [5.74, 6) is -6.31. The van der Waals surface area contributed by atoms with E-state index in [9.17, 15) is 34.3 Å². The second-order valence-corrected chi connectivity index (χ2v) is 12.8. The maximum absolute atomic E-state index is 14.1. The molecule has 0 spiro atoms. The molecule has 4 aliphatic rings. The number of fused-ring (bicyclic) bond motifs is 4. The SMILES string of the molecule is CCOc1cccc(C2C3=CCC4C(=O)N(c5cccc(B(O)O)c5)C(=O)C4C3CC3(Cl)C(=O)N(CBr)C(=O)C23Cl)c1O. The van der Waals surface area contributed by atoms with E-state index in [1.54, 1.807) is 31.2 Å². The molecule has 43 heavy (non-hydrogen) atoms. The molecule has 0 bridgehead atoms. The summed E-state index contributed by atoms with van der Waals surface area (Å²) in [6.45, 7) is 2.00. The number of carbonyl (C=O) groups is 4. The molecule has 1 saturated carbocycles. The first-order valence-corrected chi connectivity index (χ1v) is 15.6. The van der Waals surface area contributed by atoms with Crippen molar-refractivity contribution in [3.05, 3.63) is 59.7 Å². The van der Waals surface area contributed by atoms with Crippen molar-refractivity contribution in [3.8, 4) is 11.5 Å². The Hall–Kier alpha value is -2.90. The lowest BCUT2D eigenvalue weighted by molar-refractivity contribution is -0.138. The fourth-order valence-electron chi connectivity index (χ4n) is 7.22. The van der Waals surface area contributed by atoms with Gasteiger partial charge in [0, 0.05) is 11.5 Å². The van der Waals surface area contributed by atoms with Crippen LogP contribution in [0.3, 0.4) is 0 Å². The van der Waals surface area contributed by atoms with Gasteiger partial charge in [-0.3, -0.25) is 29.0 Å². The number of carbonyl (C=O) groups excluding carboxylic acids is 4. The first-order chi connectivity index (χ1) is 20.4. The van der Waals surface area contributed by atoms with Crippen LogP contribution in [0.1, 0.15) is 31.2 Å². The molecule has 0 radical (unpaired) electrons. The number of phenols is 1. The maximum Gasteiger partial charge on any atom is 0.488 e. The Labute approximate surface area is 265 Å². The summed E-state index contributed by atoms with van der Waals surface area (Å²) in [7, 11) is -1.81. The zero-order valence-corrected chi connectivity index (χ0v) is 25.8. The lowest BCUT2D eigenvalue weighted by Crippen LogP contribution is -2.60. The van der Waals surface area contributed by atoms with Crippen LogP contribution in [0.5, 0.6) is 11.5 Å². The van der Waals surface area contributed by atoms with E-state index < -0.39 is 64.2 Å². The minimum atomic E-state index is -2.06. The van der Waals surface area contributed by atoms with E-state index in [4.69, 9.17) is 27.9 Å². The zero-order chi connectivity index (χ0) is 31.0. The summed E-state index contributed by atoms with van der Waals surface area (Å²) < 4.78 is 5.60. The molecule has 10 nitrogen and oxygen atoms in total. The standard InChI is InChI=1S/C29H26BBrCl2N2O8/c1-2-43-20-8-4-7-18(23(20)36)22-16-9-10-17-21(19(16)12-28(32)26(39)34(13-31)27(40)29(22,28)33)25(38)35(24(17)37)15-6-3-5-14(11-15)30(41)42/h3-9,11,17,19,21-22,36,41-42H,2,10,12-13H2,1H3. The van der Waals surface area contributed by atoms with Gasteiger partial charge < -0.3 is 19.9 Å². The molecule has 3 N–H and O–H groups in total. The van der Waals surface area contributed by atoms with Gasteiger partial charge in [0.25, 0.3) is 11.8 Å². The number of aromatic hydroxyl groups is 1. The second-order valence-electron chi connectivity index (χ2n) is 11.1. The normalized spacial score (nSPS) is 31.5. The largest absolute Gasteiger partial charge is 0.504 e. The van der Waals surface area contributed by atoms with Crippen molar-refractivity contribution in [1.29, 1.82) is 0 Å². The van der Waals surface area contributed by atoms with Crippen LogP contribution in [0.2, 0.25) is 0 Å². The number of amides is 4. The molecule has 2 aromatic carbocycles. The van der Waals surface area contributed by atoms with Crippen LogP contribution in [-0.2, 0) is 19.2 Å². The lowest BCUT2D eigenvalue weighted by atomic mass is 9.56. The third-order valence-corrected chi connectivity index (χ3v) is 11.0. The number of nitrogens with zero attached hydrogens (tertiary/aromatic N) is 2. The number of rotatable bonds is 6. The third kappa shape index (κ3) is 4.06. The summed E-state index contributed by atoms with van der Waals surface area (Å²) in [6.07, 6.45) is 1.69. The van der Waals surface area contributed by atoms with Crippen LogP contribution in [0.25, 0.3) is 0 Å². The molecule has 4 amide bonds. The third-order valence-electron chi connectivity index (χ3n) is 9.08. The fourth-order valence-corrected chi connectivity index (χ4v) is 8.64. The minimum absolute atomic E-state index is 0.103. The van der Waals surface area contributed by atoms with E-state index in [1.807, 2.05) is 0 Å². The highest BCUT2D eigenvalue weighted by Crippen LogP contribution is 2.66. The number of alkyl halides is 3. The topological polar surface area (TPSA) is 145 Å². The molecule has 224 valence electrons. The van der Waals surface area contributed by atoms with Gasteiger partial charge >= 0.3 is 7.12 Å².